The number of amides is 2. The van der Waals surface area contributed by atoms with Gasteiger partial charge in [-0.05, 0) is 18.6 Å². The molecule has 0 saturated heterocycles. The Morgan fingerprint density at radius 2 is 2.13 bits per heavy atom. The van der Waals surface area contributed by atoms with E-state index >= 15 is 0 Å². The number of aliphatic hydroxyl groups is 1. The number of rotatable bonds is 5. The second-order valence-electron chi connectivity index (χ2n) is 5.02. The number of benzene rings is 1. The van der Waals surface area contributed by atoms with E-state index in [1.165, 1.54) is 0 Å². The number of carbonyl (C=O) groups excluding carboxylic acids is 1. The number of hydrogen-bond donors (Lipinski definition) is 3. The molecule has 2 rings (SSSR count). The average Bonchev–Trinajstić information content (AvgIpc) is 2.94. The highest BCUT2D eigenvalue weighted by atomic mass is 35.5. The lowest BCUT2D eigenvalue weighted by Gasteiger charge is -2.20. The van der Waals surface area contributed by atoms with Gasteiger partial charge >= 0.3 is 6.03 Å². The molecule has 0 spiro atoms. The number of nitrogens with one attached hydrogen (secondary N) is 2. The first kappa shape index (κ1) is 17.5. The van der Waals surface area contributed by atoms with Gasteiger partial charge in [0.2, 0.25) is 0 Å². The summed E-state index contributed by atoms with van der Waals surface area (Å²) in [6.45, 7) is 1.47. The third kappa shape index (κ3) is 4.13. The quantitative estimate of drug-likeness (QED) is 0.764. The Labute approximate surface area is 143 Å². The highest BCUT2D eigenvalue weighted by Crippen LogP contribution is 2.29. The Morgan fingerprint density at radius 3 is 2.74 bits per heavy atom. The summed E-state index contributed by atoms with van der Waals surface area (Å²) in [5.74, 6) is 0.612. The average molecular weight is 358 g/mol. The summed E-state index contributed by atoms with van der Waals surface area (Å²) in [6.07, 6.45) is 1.55. The number of carbonyl (C=O) groups is 1. The van der Waals surface area contributed by atoms with E-state index in [0.717, 1.165) is 0 Å². The number of urea groups is 1. The van der Waals surface area contributed by atoms with Gasteiger partial charge in [-0.1, -0.05) is 35.3 Å². The predicted molar refractivity (Wildman–Crippen MR) is 87.4 cm³/mol. The zero-order valence-corrected chi connectivity index (χ0v) is 14.1. The fourth-order valence-electron chi connectivity index (χ4n) is 2.16. The lowest BCUT2D eigenvalue weighted by atomic mass is 10.1. The normalized spacial score (nSPS) is 13.4. The van der Waals surface area contributed by atoms with E-state index in [1.807, 2.05) is 0 Å². The summed E-state index contributed by atoms with van der Waals surface area (Å²) in [5.41, 5.74) is 0.545. The molecule has 1 aromatic heterocycles. The minimum atomic E-state index is -0.673. The van der Waals surface area contributed by atoms with Crippen LogP contribution in [-0.4, -0.2) is 32.5 Å². The zero-order valence-electron chi connectivity index (χ0n) is 12.6. The van der Waals surface area contributed by atoms with E-state index in [0.29, 0.717) is 21.4 Å². The Kier molecular flexibility index (Phi) is 5.81. The van der Waals surface area contributed by atoms with Gasteiger partial charge in [0.05, 0.1) is 28.7 Å². The van der Waals surface area contributed by atoms with Crippen molar-refractivity contribution in [2.75, 3.05) is 6.61 Å². The molecule has 3 N–H and O–H groups in total. The second kappa shape index (κ2) is 7.63. The van der Waals surface area contributed by atoms with Crippen molar-refractivity contribution in [2.24, 2.45) is 7.05 Å². The maximum absolute atomic E-state index is 12.1. The molecule has 23 heavy (non-hydrogen) atoms. The number of hydrogen-bond acceptors (Lipinski definition) is 4. The second-order valence-corrected chi connectivity index (χ2v) is 5.80. The number of halogens is 2. The maximum Gasteiger partial charge on any atom is 0.315 e. The molecular weight excluding hydrogens is 341 g/mol. The van der Waals surface area contributed by atoms with Crippen LogP contribution in [0.15, 0.2) is 24.5 Å². The molecule has 2 amide bonds. The highest BCUT2D eigenvalue weighted by Gasteiger charge is 2.20. The van der Waals surface area contributed by atoms with Gasteiger partial charge in [0.15, 0.2) is 5.82 Å². The minimum Gasteiger partial charge on any atom is -0.394 e. The molecule has 124 valence electrons. The third-order valence-electron chi connectivity index (χ3n) is 3.33. The Bertz CT molecular complexity index is 692. The van der Waals surface area contributed by atoms with Crippen LogP contribution < -0.4 is 10.6 Å². The molecular formula is C14H17Cl2N5O2. The minimum absolute atomic E-state index is 0.301. The zero-order chi connectivity index (χ0) is 17.0. The van der Waals surface area contributed by atoms with E-state index in [1.54, 1.807) is 43.1 Å². The maximum atomic E-state index is 12.1. The Morgan fingerprint density at radius 1 is 1.39 bits per heavy atom. The van der Waals surface area contributed by atoms with Crippen LogP contribution in [0.4, 0.5) is 4.79 Å². The standard InChI is InChI=1S/C14H17Cl2N5O2/c1-8(13-20-17-7-21(13)2)18-14(23)19-11(6-22)9-4-3-5-10(15)12(9)16/h3-5,7-8,11,22H,6H2,1-2H3,(H2,18,19,23). The predicted octanol–water partition coefficient (Wildman–Crippen LogP) is 2.22. The molecule has 0 aliphatic carbocycles. The van der Waals surface area contributed by atoms with Crippen LogP contribution in [0.5, 0.6) is 0 Å². The summed E-state index contributed by atoms with van der Waals surface area (Å²) >= 11 is 12.1. The van der Waals surface area contributed by atoms with Crippen molar-refractivity contribution >= 4 is 29.2 Å². The number of aryl methyl sites for hydroxylation is 1. The van der Waals surface area contributed by atoms with Crippen molar-refractivity contribution in [3.63, 3.8) is 0 Å². The van der Waals surface area contributed by atoms with Crippen LogP contribution >= 0.6 is 23.2 Å². The summed E-state index contributed by atoms with van der Waals surface area (Å²) in [5, 5.41) is 23.3. The molecule has 7 nitrogen and oxygen atoms in total. The molecule has 0 saturated carbocycles. The van der Waals surface area contributed by atoms with Gasteiger partial charge in [0.1, 0.15) is 6.33 Å². The van der Waals surface area contributed by atoms with Gasteiger partial charge in [0, 0.05) is 7.05 Å². The van der Waals surface area contributed by atoms with Crippen molar-refractivity contribution in [3.05, 3.63) is 46.0 Å². The van der Waals surface area contributed by atoms with Crippen LogP contribution in [0.1, 0.15) is 30.4 Å². The summed E-state index contributed by atoms with van der Waals surface area (Å²) in [6, 6.07) is 3.55. The SMILES string of the molecule is CC(NC(=O)NC(CO)c1cccc(Cl)c1Cl)c1nncn1C. The third-order valence-corrected chi connectivity index (χ3v) is 4.16. The van der Waals surface area contributed by atoms with E-state index in [2.05, 4.69) is 20.8 Å². The van der Waals surface area contributed by atoms with Gasteiger partial charge in [-0.3, -0.25) is 0 Å². The highest BCUT2D eigenvalue weighted by molar-refractivity contribution is 6.42. The van der Waals surface area contributed by atoms with Crippen LogP contribution in [0.25, 0.3) is 0 Å². The smallest absolute Gasteiger partial charge is 0.315 e. The van der Waals surface area contributed by atoms with Crippen molar-refractivity contribution in [2.45, 2.75) is 19.0 Å². The summed E-state index contributed by atoms with van der Waals surface area (Å²) in [4.78, 5) is 12.1. The largest absolute Gasteiger partial charge is 0.394 e. The first-order valence-corrected chi connectivity index (χ1v) is 7.65. The van der Waals surface area contributed by atoms with E-state index in [9.17, 15) is 9.90 Å². The van der Waals surface area contributed by atoms with Crippen molar-refractivity contribution in [1.29, 1.82) is 0 Å². The van der Waals surface area contributed by atoms with Gasteiger partial charge in [0.25, 0.3) is 0 Å². The number of aromatic nitrogens is 3. The fraction of sp³-hybridized carbons (Fsp3) is 0.357. The molecule has 2 atom stereocenters. The van der Waals surface area contributed by atoms with Gasteiger partial charge in [-0.2, -0.15) is 0 Å². The first-order valence-electron chi connectivity index (χ1n) is 6.89. The lowest BCUT2D eigenvalue weighted by Crippen LogP contribution is -2.41. The fourth-order valence-corrected chi connectivity index (χ4v) is 2.60. The Hall–Kier alpha value is -1.83. The van der Waals surface area contributed by atoms with Crippen LogP contribution in [0, 0.1) is 0 Å². The molecule has 1 heterocycles. The van der Waals surface area contributed by atoms with Crippen molar-refractivity contribution in [1.82, 2.24) is 25.4 Å². The molecule has 9 heteroatoms. The van der Waals surface area contributed by atoms with Gasteiger partial charge in [-0.15, -0.1) is 10.2 Å². The Balaban J connectivity index is 2.05. The molecule has 0 aliphatic heterocycles. The molecule has 2 unspecified atom stereocenters. The van der Waals surface area contributed by atoms with Gasteiger partial charge in [-0.25, -0.2) is 4.79 Å². The molecule has 0 aliphatic rings. The van der Waals surface area contributed by atoms with E-state index in [4.69, 9.17) is 23.2 Å². The summed E-state index contributed by atoms with van der Waals surface area (Å²) < 4.78 is 1.71. The molecule has 2 aromatic rings. The van der Waals surface area contributed by atoms with Crippen molar-refractivity contribution < 1.29 is 9.90 Å². The topological polar surface area (TPSA) is 92.1 Å². The monoisotopic (exact) mass is 357 g/mol. The van der Waals surface area contributed by atoms with Crippen LogP contribution in [-0.2, 0) is 7.05 Å². The summed E-state index contributed by atoms with van der Waals surface area (Å²) in [7, 11) is 1.79. The number of aliphatic hydroxyl groups excluding tert-OH is 1. The lowest BCUT2D eigenvalue weighted by molar-refractivity contribution is 0.214. The van der Waals surface area contributed by atoms with E-state index < -0.39 is 12.1 Å². The molecule has 1 aromatic carbocycles. The number of nitrogens with zero attached hydrogens (tertiary/aromatic N) is 3. The van der Waals surface area contributed by atoms with Crippen molar-refractivity contribution in [3.8, 4) is 0 Å². The molecule has 0 bridgehead atoms. The van der Waals surface area contributed by atoms with Crippen LogP contribution in [0.3, 0.4) is 0 Å². The van der Waals surface area contributed by atoms with Gasteiger partial charge < -0.3 is 20.3 Å². The van der Waals surface area contributed by atoms with Crippen LogP contribution in [0.2, 0.25) is 10.0 Å². The van der Waals surface area contributed by atoms with E-state index in [-0.39, 0.29) is 12.6 Å². The molecule has 0 radical (unpaired) electrons. The first-order chi connectivity index (χ1) is 10.9. The molecule has 0 fully saturated rings.